The molecule has 0 amide bonds. The largest absolute Gasteiger partial charge is 0.467 e. The Labute approximate surface area is 184 Å². The van der Waals surface area contributed by atoms with E-state index in [0.29, 0.717) is 30.0 Å². The normalized spacial score (nSPS) is 13.0. The number of hydrogen-bond donors (Lipinski definition) is 2. The third-order valence-corrected chi connectivity index (χ3v) is 5.19. The highest BCUT2D eigenvalue weighted by molar-refractivity contribution is 5.63. The predicted molar refractivity (Wildman–Crippen MR) is 120 cm³/mol. The Balaban J connectivity index is 2.12. The van der Waals surface area contributed by atoms with Crippen LogP contribution < -0.4 is 26.6 Å². The molecule has 0 saturated carbocycles. The van der Waals surface area contributed by atoms with Crippen LogP contribution in [-0.4, -0.2) is 27.8 Å². The molecule has 0 saturated heterocycles. The molecule has 2 heterocycles. The molecule has 3 N–H and O–H groups in total. The topological polar surface area (TPSA) is 146 Å². The number of nitrogens with two attached hydrogens (primary N) is 1. The lowest BCUT2D eigenvalue weighted by atomic mass is 10.1. The predicted octanol–water partition coefficient (Wildman–Crippen LogP) is 2.36. The summed E-state index contributed by atoms with van der Waals surface area (Å²) >= 11 is 0. The number of fused-ring (bicyclic) bond motifs is 1. The Hall–Kier alpha value is -3.34. The highest BCUT2D eigenvalue weighted by Crippen LogP contribution is 2.34. The summed E-state index contributed by atoms with van der Waals surface area (Å²) in [5.41, 5.74) is 6.36. The first-order valence-electron chi connectivity index (χ1n) is 10.6. The number of unbranched alkanes of at least 4 members (excludes halogenated alkanes) is 1. The molecule has 1 aromatic carbocycles. The van der Waals surface area contributed by atoms with Crippen molar-refractivity contribution in [2.45, 2.75) is 53.3 Å². The number of anilines is 2. The number of nitrogens with one attached hydrogen (secondary N) is 1. The molecule has 11 nitrogen and oxygen atoms in total. The summed E-state index contributed by atoms with van der Waals surface area (Å²) < 4.78 is 12.3. The van der Waals surface area contributed by atoms with Crippen LogP contribution in [0.4, 0.5) is 17.2 Å². The number of aromatic amines is 1. The van der Waals surface area contributed by atoms with E-state index in [1.807, 2.05) is 20.8 Å². The number of aromatic nitrogens is 2. The van der Waals surface area contributed by atoms with Crippen LogP contribution in [0.25, 0.3) is 0 Å². The van der Waals surface area contributed by atoms with Gasteiger partial charge in [0.25, 0.3) is 11.2 Å². The number of non-ortho nitro benzene ring substituents is 1. The van der Waals surface area contributed by atoms with Crippen molar-refractivity contribution < 1.29 is 14.4 Å². The van der Waals surface area contributed by atoms with Gasteiger partial charge in [-0.25, -0.2) is 4.79 Å². The third kappa shape index (κ3) is 4.93. The van der Waals surface area contributed by atoms with E-state index in [1.54, 1.807) is 4.90 Å². The minimum absolute atomic E-state index is 0.0343. The standard InChI is InChI=1S/C21H29N5O6/c1-4-5-6-25-19(22)17(20(27)23-21(25)28)24(9-13(2)3)10-14-7-16(26(29)30)8-15-11-31-12-32-18(14)15/h7-8,13H,4-6,9-12,22H2,1-3H3,(H,23,27,28). The zero-order chi connectivity index (χ0) is 23.4. The van der Waals surface area contributed by atoms with E-state index in [-0.39, 0.29) is 43.1 Å². The second-order valence-electron chi connectivity index (χ2n) is 8.23. The summed E-state index contributed by atoms with van der Waals surface area (Å²) in [6.45, 7) is 7.15. The van der Waals surface area contributed by atoms with E-state index in [2.05, 4.69) is 4.98 Å². The van der Waals surface area contributed by atoms with Crippen LogP contribution in [-0.2, 0) is 24.4 Å². The first-order chi connectivity index (χ1) is 15.2. The van der Waals surface area contributed by atoms with Gasteiger partial charge < -0.3 is 20.1 Å². The SMILES string of the molecule is CCCCn1c(N)c(N(Cc2cc([N+](=O)[O-])cc3c2OCOC3)CC(C)C)c(=O)[nH]c1=O. The highest BCUT2D eigenvalue weighted by atomic mass is 16.7. The van der Waals surface area contributed by atoms with Gasteiger partial charge in [0.15, 0.2) is 6.79 Å². The fraction of sp³-hybridized carbons (Fsp3) is 0.524. The van der Waals surface area contributed by atoms with E-state index in [0.717, 1.165) is 12.8 Å². The van der Waals surface area contributed by atoms with Gasteiger partial charge in [-0.15, -0.1) is 0 Å². The van der Waals surface area contributed by atoms with E-state index in [4.69, 9.17) is 15.2 Å². The van der Waals surface area contributed by atoms with Gasteiger partial charge in [0.2, 0.25) is 0 Å². The van der Waals surface area contributed by atoms with Crippen molar-refractivity contribution >= 4 is 17.2 Å². The smallest absolute Gasteiger partial charge is 0.330 e. The lowest BCUT2D eigenvalue weighted by molar-refractivity contribution is -0.385. The quantitative estimate of drug-likeness (QED) is 0.440. The number of nitro benzene ring substituents is 1. The zero-order valence-corrected chi connectivity index (χ0v) is 18.6. The van der Waals surface area contributed by atoms with E-state index < -0.39 is 16.2 Å². The van der Waals surface area contributed by atoms with Crippen molar-refractivity contribution in [3.8, 4) is 5.75 Å². The minimum Gasteiger partial charge on any atom is -0.467 e. The van der Waals surface area contributed by atoms with Crippen molar-refractivity contribution in [1.82, 2.24) is 9.55 Å². The summed E-state index contributed by atoms with van der Waals surface area (Å²) in [5, 5.41) is 11.5. The molecule has 0 radical (unpaired) electrons. The molecule has 0 unspecified atom stereocenters. The van der Waals surface area contributed by atoms with Crippen LogP contribution in [0.1, 0.15) is 44.7 Å². The number of nitrogens with zero attached hydrogens (tertiary/aromatic N) is 3. The fourth-order valence-corrected chi connectivity index (χ4v) is 3.81. The molecule has 1 aliphatic rings. The lowest BCUT2D eigenvalue weighted by Gasteiger charge is -2.29. The maximum absolute atomic E-state index is 12.8. The number of nitro groups is 1. The number of H-pyrrole nitrogens is 1. The lowest BCUT2D eigenvalue weighted by Crippen LogP contribution is -2.39. The Morgan fingerprint density at radius 1 is 1.34 bits per heavy atom. The molecule has 0 spiro atoms. The second-order valence-corrected chi connectivity index (χ2v) is 8.23. The summed E-state index contributed by atoms with van der Waals surface area (Å²) in [5.74, 6) is 0.727. The minimum atomic E-state index is -0.593. The van der Waals surface area contributed by atoms with Gasteiger partial charge in [0, 0.05) is 42.9 Å². The molecule has 1 aromatic heterocycles. The van der Waals surface area contributed by atoms with Crippen molar-refractivity contribution in [2.24, 2.45) is 5.92 Å². The molecule has 174 valence electrons. The number of benzene rings is 1. The van der Waals surface area contributed by atoms with Crippen LogP contribution in [0.3, 0.4) is 0 Å². The summed E-state index contributed by atoms with van der Waals surface area (Å²) in [7, 11) is 0. The van der Waals surface area contributed by atoms with Crippen molar-refractivity contribution in [3.05, 3.63) is 54.2 Å². The Morgan fingerprint density at radius 2 is 2.09 bits per heavy atom. The summed E-state index contributed by atoms with van der Waals surface area (Å²) in [6, 6.07) is 2.87. The number of rotatable bonds is 9. The second kappa shape index (κ2) is 9.86. The zero-order valence-electron chi connectivity index (χ0n) is 18.6. The Kier molecular flexibility index (Phi) is 7.18. The molecule has 11 heteroatoms. The molecule has 0 fully saturated rings. The van der Waals surface area contributed by atoms with Gasteiger partial charge >= 0.3 is 5.69 Å². The molecule has 2 aromatic rings. The van der Waals surface area contributed by atoms with E-state index in [1.165, 1.54) is 16.7 Å². The summed E-state index contributed by atoms with van der Waals surface area (Å²) in [6.07, 6.45) is 1.58. The monoisotopic (exact) mass is 447 g/mol. The third-order valence-electron chi connectivity index (χ3n) is 5.19. The number of hydrogen-bond acceptors (Lipinski definition) is 8. The average molecular weight is 447 g/mol. The Bertz CT molecular complexity index is 1110. The van der Waals surface area contributed by atoms with E-state index in [9.17, 15) is 19.7 Å². The fourth-order valence-electron chi connectivity index (χ4n) is 3.81. The van der Waals surface area contributed by atoms with E-state index >= 15 is 0 Å². The first kappa shape index (κ1) is 23.3. The molecule has 3 rings (SSSR count). The van der Waals surface area contributed by atoms with Crippen LogP contribution in [0, 0.1) is 16.0 Å². The average Bonchev–Trinajstić information content (AvgIpc) is 2.72. The molecular weight excluding hydrogens is 418 g/mol. The van der Waals surface area contributed by atoms with Crippen molar-refractivity contribution in [3.63, 3.8) is 0 Å². The van der Waals surface area contributed by atoms with Gasteiger partial charge in [-0.1, -0.05) is 27.2 Å². The van der Waals surface area contributed by atoms with Gasteiger partial charge in [-0.05, 0) is 12.3 Å². The van der Waals surface area contributed by atoms with Gasteiger partial charge in [0.05, 0.1) is 11.5 Å². The maximum Gasteiger partial charge on any atom is 0.330 e. The first-order valence-corrected chi connectivity index (χ1v) is 10.6. The molecule has 0 bridgehead atoms. The van der Waals surface area contributed by atoms with Gasteiger partial charge in [-0.2, -0.15) is 0 Å². The number of ether oxygens (including phenoxy) is 2. The molecule has 1 aliphatic heterocycles. The number of nitrogen functional groups attached to an aromatic ring is 1. The van der Waals surface area contributed by atoms with Crippen LogP contribution in [0.15, 0.2) is 21.7 Å². The van der Waals surface area contributed by atoms with Crippen molar-refractivity contribution in [2.75, 3.05) is 24.0 Å². The van der Waals surface area contributed by atoms with Gasteiger partial charge in [0.1, 0.15) is 17.3 Å². The Morgan fingerprint density at radius 3 is 2.75 bits per heavy atom. The molecule has 0 atom stereocenters. The van der Waals surface area contributed by atoms with Crippen LogP contribution in [0.2, 0.25) is 0 Å². The van der Waals surface area contributed by atoms with Crippen LogP contribution >= 0.6 is 0 Å². The maximum atomic E-state index is 12.8. The molecule has 0 aliphatic carbocycles. The van der Waals surface area contributed by atoms with Crippen LogP contribution in [0.5, 0.6) is 5.75 Å². The highest BCUT2D eigenvalue weighted by Gasteiger charge is 2.25. The molecular formula is C21H29N5O6. The molecule has 32 heavy (non-hydrogen) atoms. The van der Waals surface area contributed by atoms with Crippen molar-refractivity contribution in [1.29, 1.82) is 0 Å². The summed E-state index contributed by atoms with van der Waals surface area (Å²) in [4.78, 5) is 40.2. The van der Waals surface area contributed by atoms with Gasteiger partial charge in [-0.3, -0.25) is 24.5 Å².